The van der Waals surface area contributed by atoms with Crippen molar-refractivity contribution in [3.63, 3.8) is 0 Å². The van der Waals surface area contributed by atoms with E-state index in [1.54, 1.807) is 24.4 Å². The monoisotopic (exact) mass is 349 g/mol. The van der Waals surface area contributed by atoms with Crippen molar-refractivity contribution in [3.05, 3.63) is 65.4 Å². The summed E-state index contributed by atoms with van der Waals surface area (Å²) in [6.45, 7) is 4.39. The molecular weight excluding hydrogens is 331 g/mol. The third kappa shape index (κ3) is 4.29. The van der Waals surface area contributed by atoms with E-state index in [-0.39, 0.29) is 0 Å². The van der Waals surface area contributed by atoms with Gasteiger partial charge in [0.2, 0.25) is 0 Å². The van der Waals surface area contributed by atoms with Gasteiger partial charge in [0.25, 0.3) is 0 Å². The fourth-order valence-electron chi connectivity index (χ4n) is 3.23. The average molecular weight is 348 g/mol. The molecular formula is C21H17B6N. The molecule has 3 rings (SSSR count). The zero-order chi connectivity index (χ0) is 20.7. The minimum atomic E-state index is -1.57. The first-order chi connectivity index (χ1) is 13.0. The summed E-state index contributed by atoms with van der Waals surface area (Å²) in [5.74, 6) is 0.482. The Hall–Kier alpha value is -1.76. The summed E-state index contributed by atoms with van der Waals surface area (Å²) in [6, 6.07) is 13.6. The molecule has 28 heavy (non-hydrogen) atoms. The van der Waals surface area contributed by atoms with Gasteiger partial charge in [0.15, 0.2) is 0 Å². The molecule has 0 spiro atoms. The summed E-state index contributed by atoms with van der Waals surface area (Å²) < 4.78 is 0. The van der Waals surface area contributed by atoms with Gasteiger partial charge in [-0.3, -0.25) is 4.98 Å². The molecule has 0 aliphatic rings. The zero-order valence-electron chi connectivity index (χ0n) is 16.3. The summed E-state index contributed by atoms with van der Waals surface area (Å²) in [7, 11) is 35.5. The summed E-state index contributed by atoms with van der Waals surface area (Å²) in [5, 5.41) is -1.05. The zero-order valence-corrected chi connectivity index (χ0v) is 16.3. The molecule has 1 unspecified atom stereocenters. The molecule has 0 bridgehead atoms. The highest BCUT2D eigenvalue weighted by Gasteiger charge is 2.20. The van der Waals surface area contributed by atoms with E-state index in [1.807, 2.05) is 6.07 Å². The number of hydrogen-bond donors (Lipinski definition) is 0. The van der Waals surface area contributed by atoms with Gasteiger partial charge in [-0.2, -0.15) is 0 Å². The van der Waals surface area contributed by atoms with E-state index < -0.39 is 10.2 Å². The number of benzene rings is 2. The molecule has 124 valence electrons. The van der Waals surface area contributed by atoms with Crippen molar-refractivity contribution < 1.29 is 0 Å². The smallest absolute Gasteiger partial charge is 0.0780 e. The molecule has 0 aliphatic heterocycles. The topological polar surface area (TPSA) is 12.9 Å². The third-order valence-electron chi connectivity index (χ3n) is 5.18. The Labute approximate surface area is 175 Å². The normalized spacial score (nSPS) is 13.5. The highest BCUT2D eigenvalue weighted by Crippen LogP contribution is 2.33. The predicted octanol–water partition coefficient (Wildman–Crippen LogP) is 2.65. The largest absolute Gasteiger partial charge is 0.256 e. The fraction of sp³-hybridized carbons (Fsp3) is 0.286. The van der Waals surface area contributed by atoms with Crippen LogP contribution in [0.25, 0.3) is 22.0 Å². The first kappa shape index (κ1) is 21.0. The molecule has 0 N–H and O–H groups in total. The molecule has 0 aliphatic carbocycles. The summed E-state index contributed by atoms with van der Waals surface area (Å²) in [5.41, 5.74) is 3.70. The van der Waals surface area contributed by atoms with Gasteiger partial charge in [-0.15, -0.1) is 10.2 Å². The van der Waals surface area contributed by atoms with Crippen molar-refractivity contribution in [1.29, 1.82) is 0 Å². The van der Waals surface area contributed by atoms with E-state index in [0.29, 0.717) is 17.0 Å². The van der Waals surface area contributed by atoms with E-state index in [2.05, 4.69) is 37.0 Å². The number of pyridine rings is 1. The Bertz CT molecular complexity index is 972. The molecule has 0 saturated heterocycles. The minimum Gasteiger partial charge on any atom is -0.256 e. The lowest BCUT2D eigenvalue weighted by atomic mass is 9.37. The van der Waals surface area contributed by atoms with E-state index >= 15 is 0 Å². The Morgan fingerprint density at radius 3 is 2.00 bits per heavy atom. The van der Waals surface area contributed by atoms with Gasteiger partial charge >= 0.3 is 0 Å². The number of nitrogens with zero attached hydrogens (tertiary/aromatic N) is 1. The van der Waals surface area contributed by atoms with Crippen LogP contribution in [0.15, 0.2) is 48.7 Å². The van der Waals surface area contributed by atoms with Crippen LogP contribution in [-0.4, -0.2) is 52.1 Å². The molecule has 12 radical (unpaired) electrons. The van der Waals surface area contributed by atoms with Crippen LogP contribution in [0.4, 0.5) is 0 Å². The van der Waals surface area contributed by atoms with E-state index in [0.717, 1.165) is 28.5 Å². The molecule has 1 atom stereocenters. The summed E-state index contributed by atoms with van der Waals surface area (Å²) >= 11 is 0. The maximum atomic E-state index is 5.91. The lowest BCUT2D eigenvalue weighted by molar-refractivity contribution is 0.735. The van der Waals surface area contributed by atoms with Crippen LogP contribution < -0.4 is 0 Å². The Balaban J connectivity index is 2.24. The van der Waals surface area contributed by atoms with Crippen molar-refractivity contribution in [1.82, 2.24) is 4.98 Å². The Kier molecular flexibility index (Phi) is 5.67. The van der Waals surface area contributed by atoms with Gasteiger partial charge in [-0.25, -0.2) is 0 Å². The quantitative estimate of drug-likeness (QED) is 0.646. The van der Waals surface area contributed by atoms with E-state index in [1.165, 1.54) is 5.56 Å². The van der Waals surface area contributed by atoms with Crippen molar-refractivity contribution in [2.75, 3.05) is 0 Å². The van der Waals surface area contributed by atoms with Crippen molar-refractivity contribution in [2.24, 2.45) is 0 Å². The number of rotatable bonds is 5. The van der Waals surface area contributed by atoms with Gasteiger partial charge in [0.1, 0.15) is 0 Å². The van der Waals surface area contributed by atoms with Crippen LogP contribution in [0, 0.1) is 0 Å². The highest BCUT2D eigenvalue weighted by molar-refractivity contribution is 6.60. The first-order valence-corrected chi connectivity index (χ1v) is 9.29. The van der Waals surface area contributed by atoms with Crippen LogP contribution in [-0.2, 0) is 10.2 Å². The number of aromatic nitrogens is 1. The van der Waals surface area contributed by atoms with Gasteiger partial charge < -0.3 is 0 Å². The molecule has 0 saturated carbocycles. The second-order valence-corrected chi connectivity index (χ2v) is 7.61. The number of fused-ring (bicyclic) bond motifs is 1. The van der Waals surface area contributed by atoms with Gasteiger partial charge in [0.05, 0.1) is 52.8 Å². The second-order valence-electron chi connectivity index (χ2n) is 7.61. The molecule has 7 heteroatoms. The van der Waals surface area contributed by atoms with Gasteiger partial charge in [0, 0.05) is 17.1 Å². The average Bonchev–Trinajstić information content (AvgIpc) is 2.64. The van der Waals surface area contributed by atoms with Crippen LogP contribution in [0.3, 0.4) is 0 Å². The third-order valence-corrected chi connectivity index (χ3v) is 5.18. The van der Waals surface area contributed by atoms with Crippen LogP contribution in [0.1, 0.15) is 42.9 Å². The highest BCUT2D eigenvalue weighted by atomic mass is 14.7. The molecule has 1 heterocycles. The lowest BCUT2D eigenvalue weighted by Gasteiger charge is -2.28. The molecule has 0 fully saturated rings. The van der Waals surface area contributed by atoms with Gasteiger partial charge in [-0.1, -0.05) is 61.4 Å². The van der Waals surface area contributed by atoms with E-state index in [4.69, 9.17) is 47.1 Å². The minimum absolute atomic E-state index is 0.459. The first-order valence-electron chi connectivity index (χ1n) is 9.29. The maximum absolute atomic E-state index is 5.91. The Morgan fingerprint density at radius 2 is 1.46 bits per heavy atom. The summed E-state index contributed by atoms with van der Waals surface area (Å²) in [4.78, 5) is 4.57. The van der Waals surface area contributed by atoms with Crippen LogP contribution in [0.2, 0.25) is 0 Å². The molecule has 0 amide bonds. The van der Waals surface area contributed by atoms with Crippen molar-refractivity contribution in [3.8, 4) is 11.3 Å². The summed E-state index contributed by atoms with van der Waals surface area (Å²) in [6.07, 6.45) is 2.84. The van der Waals surface area contributed by atoms with Crippen molar-refractivity contribution >= 4 is 57.9 Å². The number of hydrogen-bond acceptors (Lipinski definition) is 1. The molecule has 3 aromatic rings. The van der Waals surface area contributed by atoms with Crippen LogP contribution in [0.5, 0.6) is 0 Å². The molecule has 2 aromatic carbocycles. The van der Waals surface area contributed by atoms with Crippen LogP contribution >= 0.6 is 0 Å². The van der Waals surface area contributed by atoms with Gasteiger partial charge in [-0.05, 0) is 29.4 Å². The fourth-order valence-corrected chi connectivity index (χ4v) is 3.23. The van der Waals surface area contributed by atoms with Crippen molar-refractivity contribution in [2.45, 2.75) is 36.4 Å². The Morgan fingerprint density at radius 1 is 0.857 bits per heavy atom. The maximum Gasteiger partial charge on any atom is 0.0780 e. The standard InChI is InChI=1S/C21H17B6N/c1-3-12(2)13-4-5-18-14(8-13)6-7-28-19(18)15-9-16(20(22,23)24)11-17(10-15)21(25,26)27/h4-12H,3H2,1-2H3. The SMILES string of the molecule is [B]C([B])([B])c1cc(-c2nccc3cc(C(C)CC)ccc23)cc(C([B])([B])[B])c1. The predicted molar refractivity (Wildman–Crippen MR) is 124 cm³/mol. The molecule has 1 nitrogen and oxygen atoms in total. The molecule has 1 aromatic heterocycles. The second kappa shape index (κ2) is 7.58. The van der Waals surface area contributed by atoms with E-state index in [9.17, 15) is 0 Å². The lowest BCUT2D eigenvalue weighted by Crippen LogP contribution is -2.30.